The summed E-state index contributed by atoms with van der Waals surface area (Å²) in [5.74, 6) is 0.838. The Hall–Kier alpha value is -2.27. The van der Waals surface area contributed by atoms with Gasteiger partial charge in [0.2, 0.25) is 0 Å². The number of pyridine rings is 1. The summed E-state index contributed by atoms with van der Waals surface area (Å²) >= 11 is 0. The van der Waals surface area contributed by atoms with Crippen LogP contribution in [-0.4, -0.2) is 23.3 Å². The maximum absolute atomic E-state index is 8.69. The highest BCUT2D eigenvalue weighted by Crippen LogP contribution is 2.21. The number of ether oxygens (including phenoxy) is 1. The first-order valence-corrected chi connectivity index (χ1v) is 7.54. The highest BCUT2D eigenvalue weighted by molar-refractivity contribution is 5.42. The fraction of sp³-hybridized carbons (Fsp3) is 0.353. The number of unbranched alkanes of at least 4 members (excludes halogenated alkanes) is 3. The standard InChI is InChI=1S/C17H21N3O2/c21-13-3-1-2-4-14-22-17-7-5-15(6-8-17)19-20-16-9-11-18-12-10-16/h5-12,21H,1-4,13-14H2. The summed E-state index contributed by atoms with van der Waals surface area (Å²) < 4.78 is 5.66. The van der Waals surface area contributed by atoms with E-state index < -0.39 is 0 Å². The van der Waals surface area contributed by atoms with Crippen LogP contribution in [0.1, 0.15) is 25.7 Å². The molecule has 2 aromatic rings. The number of benzene rings is 1. The second kappa shape index (κ2) is 9.63. The summed E-state index contributed by atoms with van der Waals surface area (Å²) in [5, 5.41) is 17.0. The minimum absolute atomic E-state index is 0.274. The zero-order valence-electron chi connectivity index (χ0n) is 12.6. The number of aliphatic hydroxyl groups excluding tert-OH is 1. The van der Waals surface area contributed by atoms with Crippen molar-refractivity contribution >= 4 is 11.4 Å². The first-order valence-electron chi connectivity index (χ1n) is 7.54. The number of hydrogen-bond donors (Lipinski definition) is 1. The van der Waals surface area contributed by atoms with E-state index in [1.165, 1.54) is 0 Å². The van der Waals surface area contributed by atoms with Crippen LogP contribution < -0.4 is 4.74 Å². The lowest BCUT2D eigenvalue weighted by Gasteiger charge is -2.05. The molecule has 0 saturated heterocycles. The van der Waals surface area contributed by atoms with Crippen LogP contribution in [0.15, 0.2) is 59.0 Å². The van der Waals surface area contributed by atoms with Crippen molar-refractivity contribution < 1.29 is 9.84 Å². The molecule has 1 aromatic carbocycles. The highest BCUT2D eigenvalue weighted by atomic mass is 16.5. The fourth-order valence-electron chi connectivity index (χ4n) is 1.89. The maximum Gasteiger partial charge on any atom is 0.119 e. The quantitative estimate of drug-likeness (QED) is 0.550. The lowest BCUT2D eigenvalue weighted by molar-refractivity contribution is 0.273. The van der Waals surface area contributed by atoms with Gasteiger partial charge in [-0.25, -0.2) is 0 Å². The average molecular weight is 299 g/mol. The van der Waals surface area contributed by atoms with E-state index in [1.807, 2.05) is 24.3 Å². The first kappa shape index (κ1) is 16.1. The molecule has 5 nitrogen and oxygen atoms in total. The number of azo groups is 1. The molecule has 2 rings (SSSR count). The molecule has 0 fully saturated rings. The minimum atomic E-state index is 0.274. The molecule has 0 aliphatic rings. The van der Waals surface area contributed by atoms with Crippen LogP contribution in [-0.2, 0) is 0 Å². The zero-order valence-corrected chi connectivity index (χ0v) is 12.6. The van der Waals surface area contributed by atoms with E-state index in [4.69, 9.17) is 9.84 Å². The molecular weight excluding hydrogens is 278 g/mol. The van der Waals surface area contributed by atoms with Gasteiger partial charge in [0, 0.05) is 19.0 Å². The second-order valence-corrected chi connectivity index (χ2v) is 4.89. The van der Waals surface area contributed by atoms with Crippen molar-refractivity contribution in [2.75, 3.05) is 13.2 Å². The van der Waals surface area contributed by atoms with E-state index in [1.54, 1.807) is 24.5 Å². The van der Waals surface area contributed by atoms with Gasteiger partial charge in [0.25, 0.3) is 0 Å². The van der Waals surface area contributed by atoms with E-state index >= 15 is 0 Å². The predicted octanol–water partition coefficient (Wildman–Crippen LogP) is 4.43. The molecule has 0 radical (unpaired) electrons. The third-order valence-corrected chi connectivity index (χ3v) is 3.10. The van der Waals surface area contributed by atoms with Crippen LogP contribution in [0.3, 0.4) is 0 Å². The predicted molar refractivity (Wildman–Crippen MR) is 85.9 cm³/mol. The summed E-state index contributed by atoms with van der Waals surface area (Å²) in [6, 6.07) is 11.2. The second-order valence-electron chi connectivity index (χ2n) is 4.89. The van der Waals surface area contributed by atoms with E-state index in [0.717, 1.165) is 42.8 Å². The molecule has 1 N–H and O–H groups in total. The van der Waals surface area contributed by atoms with Crippen molar-refractivity contribution in [2.24, 2.45) is 10.2 Å². The number of aromatic nitrogens is 1. The van der Waals surface area contributed by atoms with Gasteiger partial charge in [-0.15, -0.1) is 0 Å². The van der Waals surface area contributed by atoms with Crippen molar-refractivity contribution in [2.45, 2.75) is 25.7 Å². The Bertz CT molecular complexity index is 556. The number of nitrogens with zero attached hydrogens (tertiary/aromatic N) is 3. The van der Waals surface area contributed by atoms with E-state index in [9.17, 15) is 0 Å². The average Bonchev–Trinajstić information content (AvgIpc) is 2.58. The van der Waals surface area contributed by atoms with Crippen molar-refractivity contribution in [3.8, 4) is 5.75 Å². The van der Waals surface area contributed by atoms with Crippen LogP contribution in [0.2, 0.25) is 0 Å². The lowest BCUT2D eigenvalue weighted by Crippen LogP contribution is -1.97. The third kappa shape index (κ3) is 6.01. The van der Waals surface area contributed by atoms with Crippen LogP contribution in [0, 0.1) is 0 Å². The monoisotopic (exact) mass is 299 g/mol. The zero-order chi connectivity index (χ0) is 15.5. The maximum atomic E-state index is 8.69. The molecule has 0 bridgehead atoms. The topological polar surface area (TPSA) is 67.1 Å². The Kier molecular flexibility index (Phi) is 7.05. The summed E-state index contributed by atoms with van der Waals surface area (Å²) in [5.41, 5.74) is 1.56. The van der Waals surface area contributed by atoms with Crippen LogP contribution >= 0.6 is 0 Å². The van der Waals surface area contributed by atoms with Gasteiger partial charge in [0.1, 0.15) is 5.75 Å². The Morgan fingerprint density at radius 3 is 2.14 bits per heavy atom. The van der Waals surface area contributed by atoms with E-state index in [2.05, 4.69) is 15.2 Å². The van der Waals surface area contributed by atoms with Crippen molar-refractivity contribution in [1.29, 1.82) is 0 Å². The van der Waals surface area contributed by atoms with Gasteiger partial charge < -0.3 is 9.84 Å². The molecule has 5 heteroatoms. The van der Waals surface area contributed by atoms with Crippen LogP contribution in [0.25, 0.3) is 0 Å². The van der Waals surface area contributed by atoms with Gasteiger partial charge in [0.05, 0.1) is 18.0 Å². The van der Waals surface area contributed by atoms with Crippen molar-refractivity contribution in [3.05, 3.63) is 48.8 Å². The Balaban J connectivity index is 1.74. The lowest BCUT2D eigenvalue weighted by atomic mass is 10.2. The molecule has 0 spiro atoms. The molecular formula is C17H21N3O2. The molecule has 0 aliphatic carbocycles. The molecule has 0 aliphatic heterocycles. The van der Waals surface area contributed by atoms with Gasteiger partial charge in [0.15, 0.2) is 0 Å². The highest BCUT2D eigenvalue weighted by Gasteiger charge is 1.96. The van der Waals surface area contributed by atoms with Gasteiger partial charge in [-0.1, -0.05) is 6.42 Å². The third-order valence-electron chi connectivity index (χ3n) is 3.10. The number of hydrogen-bond acceptors (Lipinski definition) is 5. The summed E-state index contributed by atoms with van der Waals surface area (Å²) in [6.07, 6.45) is 7.38. The SMILES string of the molecule is OCCCCCCOc1ccc(N=Nc2ccncc2)cc1. The molecule has 116 valence electrons. The summed E-state index contributed by atoms with van der Waals surface area (Å²) in [4.78, 5) is 3.93. The minimum Gasteiger partial charge on any atom is -0.494 e. The summed E-state index contributed by atoms with van der Waals surface area (Å²) in [7, 11) is 0. The molecule has 1 aromatic heterocycles. The van der Waals surface area contributed by atoms with Gasteiger partial charge in [-0.05, 0) is 55.7 Å². The molecule has 0 unspecified atom stereocenters. The molecule has 0 atom stereocenters. The number of aliphatic hydroxyl groups is 1. The Labute approximate surface area is 130 Å². The van der Waals surface area contributed by atoms with Gasteiger partial charge in [-0.2, -0.15) is 10.2 Å². The molecule has 0 saturated carbocycles. The van der Waals surface area contributed by atoms with Gasteiger partial charge in [-0.3, -0.25) is 4.98 Å². The van der Waals surface area contributed by atoms with E-state index in [0.29, 0.717) is 6.61 Å². The normalized spacial score (nSPS) is 11.0. The van der Waals surface area contributed by atoms with Crippen LogP contribution in [0.5, 0.6) is 5.75 Å². The smallest absolute Gasteiger partial charge is 0.119 e. The Morgan fingerprint density at radius 1 is 0.818 bits per heavy atom. The summed E-state index contributed by atoms with van der Waals surface area (Å²) in [6.45, 7) is 0.972. The number of rotatable bonds is 9. The molecule has 22 heavy (non-hydrogen) atoms. The van der Waals surface area contributed by atoms with Crippen molar-refractivity contribution in [1.82, 2.24) is 4.98 Å². The van der Waals surface area contributed by atoms with Crippen molar-refractivity contribution in [3.63, 3.8) is 0 Å². The first-order chi connectivity index (χ1) is 10.9. The largest absolute Gasteiger partial charge is 0.494 e. The van der Waals surface area contributed by atoms with Crippen LogP contribution in [0.4, 0.5) is 11.4 Å². The Morgan fingerprint density at radius 2 is 1.45 bits per heavy atom. The molecule has 0 amide bonds. The van der Waals surface area contributed by atoms with Gasteiger partial charge >= 0.3 is 0 Å². The van der Waals surface area contributed by atoms with E-state index in [-0.39, 0.29) is 6.61 Å². The fourth-order valence-corrected chi connectivity index (χ4v) is 1.89. The molecule has 1 heterocycles.